The highest BCUT2D eigenvalue weighted by Gasteiger charge is 2.21. The van der Waals surface area contributed by atoms with Gasteiger partial charge in [0, 0.05) is 12.5 Å². The van der Waals surface area contributed by atoms with Gasteiger partial charge in [-0.15, -0.1) is 0 Å². The van der Waals surface area contributed by atoms with Crippen LogP contribution in [0.25, 0.3) is 0 Å². The second-order valence-corrected chi connectivity index (χ2v) is 3.63. The number of hydrogen-bond acceptors (Lipinski definition) is 6. The fourth-order valence-electron chi connectivity index (χ4n) is 1.38. The zero-order chi connectivity index (χ0) is 15.3. The maximum Gasteiger partial charge on any atom is 0.294 e. The number of nitriles is 2. The largest absolute Gasteiger partial charge is 0.314 e. The minimum absolute atomic E-state index is 0.0545. The van der Waals surface area contributed by atoms with Crippen molar-refractivity contribution in [2.45, 2.75) is 13.3 Å². The first-order valence-corrected chi connectivity index (χ1v) is 5.41. The Bertz CT molecular complexity index is 682. The van der Waals surface area contributed by atoms with Gasteiger partial charge in [-0.1, -0.05) is 6.92 Å². The van der Waals surface area contributed by atoms with Crippen molar-refractivity contribution in [2.24, 2.45) is 0 Å². The molecule has 8 nitrogen and oxygen atoms in total. The second kappa shape index (κ2) is 6.07. The minimum Gasteiger partial charge on any atom is -0.314 e. The Morgan fingerprint density at radius 1 is 1.30 bits per heavy atom. The summed E-state index contributed by atoms with van der Waals surface area (Å²) in [4.78, 5) is 32.7. The number of hydrogen-bond donors (Lipinski definition) is 1. The van der Waals surface area contributed by atoms with Crippen LogP contribution >= 0.6 is 0 Å². The lowest BCUT2D eigenvalue weighted by molar-refractivity contribution is -0.383. The van der Waals surface area contributed by atoms with Gasteiger partial charge in [-0.25, -0.2) is 0 Å². The number of nitro groups is 1. The summed E-state index contributed by atoms with van der Waals surface area (Å²) in [5, 5.41) is 30.6. The third kappa shape index (κ3) is 2.94. The lowest BCUT2D eigenvalue weighted by Gasteiger charge is -2.06. The van der Waals surface area contributed by atoms with Gasteiger partial charge in [-0.05, 0) is 6.07 Å². The zero-order valence-corrected chi connectivity index (χ0v) is 10.3. The molecule has 0 aliphatic rings. The van der Waals surface area contributed by atoms with E-state index >= 15 is 0 Å². The Labute approximate surface area is 113 Å². The van der Waals surface area contributed by atoms with E-state index in [2.05, 4.69) is 5.32 Å². The molecular weight excluding hydrogens is 264 g/mol. The fraction of sp³-hybridized carbons (Fsp3) is 0.167. The quantitative estimate of drug-likeness (QED) is 0.497. The molecule has 1 aromatic carbocycles. The summed E-state index contributed by atoms with van der Waals surface area (Å²) in [6.07, 6.45) is -0.0545. The van der Waals surface area contributed by atoms with E-state index in [1.54, 1.807) is 12.1 Å². The van der Waals surface area contributed by atoms with E-state index in [1.807, 2.05) is 0 Å². The van der Waals surface area contributed by atoms with Crippen molar-refractivity contribution in [1.29, 1.82) is 10.5 Å². The Balaban J connectivity index is 3.35. The molecule has 0 saturated carbocycles. The number of ketones is 1. The number of amides is 1. The molecule has 0 fully saturated rings. The molecular formula is C12H8N4O4. The Hall–Kier alpha value is -3.26. The molecule has 0 atom stereocenters. The molecule has 0 aliphatic heterocycles. The van der Waals surface area contributed by atoms with Gasteiger partial charge in [0.1, 0.15) is 17.8 Å². The minimum atomic E-state index is -1.01. The lowest BCUT2D eigenvalue weighted by Crippen LogP contribution is -2.22. The zero-order valence-electron chi connectivity index (χ0n) is 10.3. The van der Waals surface area contributed by atoms with Crippen LogP contribution in [-0.4, -0.2) is 16.6 Å². The Morgan fingerprint density at radius 3 is 2.30 bits per heavy atom. The first-order chi connectivity index (χ1) is 9.44. The summed E-state index contributed by atoms with van der Waals surface area (Å²) in [6, 6.07) is 5.21. The van der Waals surface area contributed by atoms with Crippen molar-refractivity contribution in [2.75, 3.05) is 5.32 Å². The van der Waals surface area contributed by atoms with E-state index in [9.17, 15) is 19.7 Å². The molecule has 1 amide bonds. The number of benzene rings is 1. The molecule has 0 radical (unpaired) electrons. The van der Waals surface area contributed by atoms with Crippen LogP contribution in [0, 0.1) is 32.8 Å². The number of carbonyl (C=O) groups is 2. The molecule has 0 spiro atoms. The van der Waals surface area contributed by atoms with Gasteiger partial charge in [0.25, 0.3) is 11.6 Å². The van der Waals surface area contributed by atoms with Gasteiger partial charge in [0.05, 0.1) is 16.1 Å². The van der Waals surface area contributed by atoms with Crippen molar-refractivity contribution in [1.82, 2.24) is 0 Å². The Kier molecular flexibility index (Phi) is 4.49. The summed E-state index contributed by atoms with van der Waals surface area (Å²) in [5.74, 6) is -1.76. The number of rotatable bonds is 4. The standard InChI is InChI=1S/C12H8N4O4/c1-2-11(17)12(18)15-9-3-7(5-13)8(6-14)4-10(9)16(19)20/h3-4H,2H2,1H3,(H,15,18). The summed E-state index contributed by atoms with van der Waals surface area (Å²) < 4.78 is 0. The van der Waals surface area contributed by atoms with Crippen molar-refractivity contribution >= 4 is 23.1 Å². The number of nitro benzene ring substituents is 1. The second-order valence-electron chi connectivity index (χ2n) is 3.63. The smallest absolute Gasteiger partial charge is 0.294 e. The predicted molar refractivity (Wildman–Crippen MR) is 66.5 cm³/mol. The Morgan fingerprint density at radius 2 is 1.85 bits per heavy atom. The average molecular weight is 272 g/mol. The third-order valence-corrected chi connectivity index (χ3v) is 2.40. The molecule has 1 rings (SSSR count). The van der Waals surface area contributed by atoms with Crippen LogP contribution in [0.5, 0.6) is 0 Å². The molecule has 0 aliphatic carbocycles. The molecule has 0 bridgehead atoms. The molecule has 0 saturated heterocycles. The third-order valence-electron chi connectivity index (χ3n) is 2.40. The number of carbonyl (C=O) groups excluding carboxylic acids is 2. The van der Waals surface area contributed by atoms with E-state index in [0.717, 1.165) is 12.1 Å². The predicted octanol–water partition coefficient (Wildman–Crippen LogP) is 1.26. The van der Waals surface area contributed by atoms with Crippen LogP contribution in [0.4, 0.5) is 11.4 Å². The summed E-state index contributed by atoms with van der Waals surface area (Å²) >= 11 is 0. The summed E-state index contributed by atoms with van der Waals surface area (Å²) in [7, 11) is 0. The molecule has 0 heterocycles. The molecule has 8 heteroatoms. The van der Waals surface area contributed by atoms with Gasteiger partial charge in [0.15, 0.2) is 0 Å². The van der Waals surface area contributed by atoms with E-state index in [4.69, 9.17) is 10.5 Å². The van der Waals surface area contributed by atoms with Crippen LogP contribution in [0.2, 0.25) is 0 Å². The molecule has 1 N–H and O–H groups in total. The molecule has 0 aromatic heterocycles. The number of nitrogens with zero attached hydrogens (tertiary/aromatic N) is 3. The van der Waals surface area contributed by atoms with E-state index in [-0.39, 0.29) is 23.2 Å². The summed E-state index contributed by atoms with van der Waals surface area (Å²) in [5.41, 5.74) is -1.16. The summed E-state index contributed by atoms with van der Waals surface area (Å²) in [6.45, 7) is 1.47. The first kappa shape index (κ1) is 14.8. The number of anilines is 1. The highest BCUT2D eigenvalue weighted by atomic mass is 16.6. The monoisotopic (exact) mass is 272 g/mol. The molecule has 1 aromatic rings. The normalized spacial score (nSPS) is 9.15. The van der Waals surface area contributed by atoms with E-state index < -0.39 is 22.3 Å². The molecule has 20 heavy (non-hydrogen) atoms. The SMILES string of the molecule is CCC(=O)C(=O)Nc1cc(C#N)c(C#N)cc1[N+](=O)[O-]. The maximum absolute atomic E-state index is 11.4. The van der Waals surface area contributed by atoms with Crippen molar-refractivity contribution in [3.05, 3.63) is 33.4 Å². The lowest BCUT2D eigenvalue weighted by atomic mass is 10.1. The van der Waals surface area contributed by atoms with Crippen LogP contribution in [0.3, 0.4) is 0 Å². The average Bonchev–Trinajstić information content (AvgIpc) is 2.45. The van der Waals surface area contributed by atoms with Crippen LogP contribution in [-0.2, 0) is 9.59 Å². The van der Waals surface area contributed by atoms with Crippen molar-refractivity contribution in [3.63, 3.8) is 0 Å². The van der Waals surface area contributed by atoms with Crippen LogP contribution in [0.15, 0.2) is 12.1 Å². The van der Waals surface area contributed by atoms with Gasteiger partial charge in [-0.2, -0.15) is 10.5 Å². The topological polar surface area (TPSA) is 137 Å². The van der Waals surface area contributed by atoms with Gasteiger partial charge in [0.2, 0.25) is 5.78 Å². The number of Topliss-reactive ketones (excluding diaryl/α,β-unsaturated/α-hetero) is 1. The van der Waals surface area contributed by atoms with E-state index in [1.165, 1.54) is 6.92 Å². The van der Waals surface area contributed by atoms with Gasteiger partial charge in [-0.3, -0.25) is 19.7 Å². The van der Waals surface area contributed by atoms with Crippen LogP contribution < -0.4 is 5.32 Å². The van der Waals surface area contributed by atoms with Crippen molar-refractivity contribution in [3.8, 4) is 12.1 Å². The number of nitrogens with one attached hydrogen (secondary N) is 1. The van der Waals surface area contributed by atoms with Gasteiger partial charge < -0.3 is 5.32 Å². The van der Waals surface area contributed by atoms with Crippen LogP contribution in [0.1, 0.15) is 24.5 Å². The van der Waals surface area contributed by atoms with Gasteiger partial charge >= 0.3 is 0 Å². The highest BCUT2D eigenvalue weighted by molar-refractivity contribution is 6.40. The fourth-order valence-corrected chi connectivity index (χ4v) is 1.38. The molecule has 100 valence electrons. The highest BCUT2D eigenvalue weighted by Crippen LogP contribution is 2.28. The van der Waals surface area contributed by atoms with Crippen molar-refractivity contribution < 1.29 is 14.5 Å². The maximum atomic E-state index is 11.4. The van der Waals surface area contributed by atoms with E-state index in [0.29, 0.717) is 0 Å². The molecule has 0 unspecified atom stereocenters. The first-order valence-electron chi connectivity index (χ1n) is 5.41.